The summed E-state index contributed by atoms with van der Waals surface area (Å²) in [5.74, 6) is 2.46. The van der Waals surface area contributed by atoms with Crippen LogP contribution in [0.4, 0.5) is 11.4 Å². The second-order valence-corrected chi connectivity index (χ2v) is 7.92. The highest BCUT2D eigenvalue weighted by Gasteiger charge is 2.15. The average molecular weight is 457 g/mol. The summed E-state index contributed by atoms with van der Waals surface area (Å²) in [6, 6.07) is 0. The number of methoxy groups -OCH3 is 1. The average Bonchev–Trinajstić information content (AvgIpc) is 3.45. The van der Waals surface area contributed by atoms with Crippen molar-refractivity contribution in [3.8, 4) is 5.88 Å². The van der Waals surface area contributed by atoms with Crippen molar-refractivity contribution < 1.29 is 4.74 Å². The highest BCUT2D eigenvalue weighted by molar-refractivity contribution is 7.15. The van der Waals surface area contributed by atoms with E-state index in [0.717, 1.165) is 47.7 Å². The van der Waals surface area contributed by atoms with Gasteiger partial charge in [0.25, 0.3) is 0 Å². The number of aryl methyl sites for hydroxylation is 2. The molecule has 29 heavy (non-hydrogen) atoms. The fraction of sp³-hybridized carbons (Fsp3) is 0.412. The van der Waals surface area contributed by atoms with E-state index in [0.29, 0.717) is 28.5 Å². The van der Waals surface area contributed by atoms with Gasteiger partial charge in [0.05, 0.1) is 25.9 Å². The smallest absolute Gasteiger partial charge is 0.242 e. The molecule has 9 nitrogen and oxygen atoms in total. The van der Waals surface area contributed by atoms with Crippen molar-refractivity contribution in [1.29, 1.82) is 0 Å². The third-order valence-corrected chi connectivity index (χ3v) is 5.51. The van der Waals surface area contributed by atoms with E-state index in [-0.39, 0.29) is 0 Å². The summed E-state index contributed by atoms with van der Waals surface area (Å²) in [6.07, 6.45) is 0. The monoisotopic (exact) mass is 456 g/mol. The molecule has 2 aliphatic rings. The number of hydrogen-bond donors (Lipinski definition) is 4. The molecule has 4 heterocycles. The summed E-state index contributed by atoms with van der Waals surface area (Å²) in [5.41, 5.74) is 2.66. The normalized spacial score (nSPS) is 14.8. The van der Waals surface area contributed by atoms with Crippen LogP contribution in [0.15, 0.2) is 15.4 Å². The second kappa shape index (κ2) is 9.95. The third kappa shape index (κ3) is 5.62. The van der Waals surface area contributed by atoms with Gasteiger partial charge in [-0.15, -0.1) is 11.3 Å². The van der Waals surface area contributed by atoms with Gasteiger partial charge in [0.15, 0.2) is 17.1 Å². The first-order chi connectivity index (χ1) is 14.0. The maximum atomic E-state index is 6.02. The maximum Gasteiger partial charge on any atom is 0.242 e. The Kier molecular flexibility index (Phi) is 7.34. The molecule has 0 saturated carbocycles. The SMILES string of the molecule is COc1nc(C)nc(Cl)c1NC1=NCCN1.Cc1csc(Cl)c1NC1=NCCN1. The molecule has 4 rings (SSSR count). The molecule has 156 valence electrons. The molecule has 0 aromatic carbocycles. The van der Waals surface area contributed by atoms with Gasteiger partial charge >= 0.3 is 0 Å². The van der Waals surface area contributed by atoms with Gasteiger partial charge in [-0.25, -0.2) is 4.98 Å². The number of hydrogen-bond acceptors (Lipinski definition) is 10. The van der Waals surface area contributed by atoms with Crippen molar-refractivity contribution in [3.05, 3.63) is 26.3 Å². The number of nitrogens with one attached hydrogen (secondary N) is 4. The Hall–Kier alpha value is -2.30. The quantitative estimate of drug-likeness (QED) is 0.525. The van der Waals surface area contributed by atoms with E-state index in [9.17, 15) is 0 Å². The lowest BCUT2D eigenvalue weighted by molar-refractivity contribution is 0.398. The van der Waals surface area contributed by atoms with E-state index >= 15 is 0 Å². The molecule has 0 unspecified atom stereocenters. The molecule has 0 bridgehead atoms. The van der Waals surface area contributed by atoms with Gasteiger partial charge in [0.1, 0.15) is 15.8 Å². The van der Waals surface area contributed by atoms with Crippen molar-refractivity contribution in [2.45, 2.75) is 13.8 Å². The number of halogens is 2. The van der Waals surface area contributed by atoms with Crippen LogP contribution in [-0.4, -0.2) is 55.2 Å². The van der Waals surface area contributed by atoms with Crippen molar-refractivity contribution in [1.82, 2.24) is 20.6 Å². The molecule has 2 aromatic rings. The van der Waals surface area contributed by atoms with Crippen LogP contribution < -0.4 is 26.0 Å². The molecule has 0 saturated heterocycles. The Morgan fingerprint density at radius 3 is 2.10 bits per heavy atom. The van der Waals surface area contributed by atoms with Crippen molar-refractivity contribution >= 4 is 57.8 Å². The number of rotatable bonds is 3. The Morgan fingerprint density at radius 2 is 1.62 bits per heavy atom. The molecule has 0 aliphatic carbocycles. The first-order valence-electron chi connectivity index (χ1n) is 8.90. The van der Waals surface area contributed by atoms with Crippen molar-refractivity contribution in [2.24, 2.45) is 9.98 Å². The zero-order valence-electron chi connectivity index (χ0n) is 16.3. The summed E-state index contributed by atoms with van der Waals surface area (Å²) in [6.45, 7) is 7.08. The van der Waals surface area contributed by atoms with Crippen LogP contribution in [0.25, 0.3) is 0 Å². The summed E-state index contributed by atoms with van der Waals surface area (Å²) in [4.78, 5) is 16.6. The first-order valence-corrected chi connectivity index (χ1v) is 10.5. The van der Waals surface area contributed by atoms with Gasteiger partial charge in [0.2, 0.25) is 5.88 Å². The van der Waals surface area contributed by atoms with Crippen LogP contribution in [-0.2, 0) is 0 Å². The molecule has 0 fully saturated rings. The molecule has 2 aromatic heterocycles. The number of aliphatic imine (C=N–C) groups is 2. The van der Waals surface area contributed by atoms with E-state index in [1.165, 1.54) is 18.4 Å². The molecule has 0 atom stereocenters. The van der Waals surface area contributed by atoms with Crippen LogP contribution >= 0.6 is 34.5 Å². The second-order valence-electron chi connectivity index (χ2n) is 6.08. The van der Waals surface area contributed by atoms with Crippen LogP contribution in [0.3, 0.4) is 0 Å². The van der Waals surface area contributed by atoms with Gasteiger partial charge in [-0.1, -0.05) is 23.2 Å². The summed E-state index contributed by atoms with van der Waals surface area (Å²) in [5, 5.41) is 14.7. The Balaban J connectivity index is 0.000000169. The maximum absolute atomic E-state index is 6.02. The topological polar surface area (TPSA) is 108 Å². The highest BCUT2D eigenvalue weighted by Crippen LogP contribution is 2.32. The lowest BCUT2D eigenvalue weighted by Crippen LogP contribution is -2.26. The van der Waals surface area contributed by atoms with Crippen LogP contribution in [0.1, 0.15) is 11.4 Å². The summed E-state index contributed by atoms with van der Waals surface area (Å²) < 4.78 is 5.92. The van der Waals surface area contributed by atoms with Crippen LogP contribution in [0.2, 0.25) is 9.49 Å². The fourth-order valence-electron chi connectivity index (χ4n) is 2.53. The molecular weight excluding hydrogens is 435 g/mol. The van der Waals surface area contributed by atoms with Gasteiger partial charge in [-0.2, -0.15) is 4.98 Å². The molecular formula is C17H22Cl2N8OS. The van der Waals surface area contributed by atoms with Crippen LogP contribution in [0, 0.1) is 13.8 Å². The van der Waals surface area contributed by atoms with E-state index < -0.39 is 0 Å². The molecule has 2 aliphatic heterocycles. The molecule has 12 heteroatoms. The molecule has 0 spiro atoms. The van der Waals surface area contributed by atoms with Gasteiger partial charge in [-0.05, 0) is 24.8 Å². The lowest BCUT2D eigenvalue weighted by atomic mass is 10.3. The Labute approximate surface area is 183 Å². The third-order valence-electron chi connectivity index (χ3n) is 3.90. The number of thiophene rings is 1. The first kappa shape index (κ1) is 21.4. The molecule has 0 amide bonds. The highest BCUT2D eigenvalue weighted by atomic mass is 35.5. The fourth-order valence-corrected chi connectivity index (χ4v) is 3.84. The summed E-state index contributed by atoms with van der Waals surface area (Å²) >= 11 is 13.5. The predicted octanol–water partition coefficient (Wildman–Crippen LogP) is 2.90. The van der Waals surface area contributed by atoms with Gasteiger partial charge < -0.3 is 26.0 Å². The van der Waals surface area contributed by atoms with E-state index in [1.807, 2.05) is 12.3 Å². The summed E-state index contributed by atoms with van der Waals surface area (Å²) in [7, 11) is 1.53. The predicted molar refractivity (Wildman–Crippen MR) is 120 cm³/mol. The Bertz CT molecular complexity index is 911. The number of aromatic nitrogens is 2. The zero-order valence-corrected chi connectivity index (χ0v) is 18.6. The standard InChI is InChI=1S/C9H12ClN5O.C8H10ClN3S/c1-5-13-7(10)6(8(14-5)16-2)15-9-11-3-4-12-9;1-5-4-13-7(9)6(5)12-8-10-2-3-11-8/h3-4H2,1-2H3,(H2,11,12,15);4H,2-3H2,1H3,(H2,10,11,12). The van der Waals surface area contributed by atoms with E-state index in [4.69, 9.17) is 27.9 Å². The number of ether oxygens (including phenoxy) is 1. The Morgan fingerprint density at radius 1 is 1.00 bits per heavy atom. The van der Waals surface area contributed by atoms with E-state index in [2.05, 4.69) is 41.2 Å². The van der Waals surface area contributed by atoms with E-state index in [1.54, 1.807) is 6.92 Å². The van der Waals surface area contributed by atoms with Crippen LogP contribution in [0.5, 0.6) is 5.88 Å². The lowest BCUT2D eigenvalue weighted by Gasteiger charge is -2.11. The molecule has 0 radical (unpaired) electrons. The zero-order chi connectivity index (χ0) is 20.8. The van der Waals surface area contributed by atoms with Crippen molar-refractivity contribution in [3.63, 3.8) is 0 Å². The van der Waals surface area contributed by atoms with Crippen molar-refractivity contribution in [2.75, 3.05) is 43.9 Å². The minimum absolute atomic E-state index is 0.320. The molecule has 4 N–H and O–H groups in total. The minimum atomic E-state index is 0.320. The minimum Gasteiger partial charge on any atom is -0.479 e. The van der Waals surface area contributed by atoms with Gasteiger partial charge in [-0.3, -0.25) is 9.98 Å². The number of nitrogens with zero attached hydrogens (tertiary/aromatic N) is 4. The largest absolute Gasteiger partial charge is 0.479 e. The number of guanidine groups is 2. The number of anilines is 2. The van der Waals surface area contributed by atoms with Gasteiger partial charge in [0, 0.05) is 13.1 Å².